The Bertz CT molecular complexity index is 792. The van der Waals surface area contributed by atoms with Crippen molar-refractivity contribution in [1.29, 1.82) is 0 Å². The molecule has 0 spiro atoms. The molecule has 2 amide bonds. The largest absolute Gasteiger partial charge is 0.496 e. The number of para-hydroxylation sites is 1. The number of hydrogen-bond donors (Lipinski definition) is 1. The number of nitrogens with one attached hydrogen (secondary N) is 1. The molecule has 6 heteroatoms. The zero-order valence-corrected chi connectivity index (χ0v) is 14.6. The summed E-state index contributed by atoms with van der Waals surface area (Å²) >= 11 is 0. The van der Waals surface area contributed by atoms with Crippen molar-refractivity contribution in [2.75, 3.05) is 13.7 Å². The smallest absolute Gasteiger partial charge is 0.225 e. The van der Waals surface area contributed by atoms with Crippen molar-refractivity contribution in [2.24, 2.45) is 0 Å². The molecule has 1 fully saturated rings. The molecular formula is C20H21FN2O3. The van der Waals surface area contributed by atoms with Crippen LogP contribution >= 0.6 is 0 Å². The third-order valence-corrected chi connectivity index (χ3v) is 4.41. The quantitative estimate of drug-likeness (QED) is 0.864. The van der Waals surface area contributed by atoms with Crippen molar-refractivity contribution < 1.29 is 18.7 Å². The lowest BCUT2D eigenvalue weighted by atomic mass is 10.1. The lowest BCUT2D eigenvalue weighted by Crippen LogP contribution is -2.37. The van der Waals surface area contributed by atoms with Gasteiger partial charge in [-0.1, -0.05) is 30.3 Å². The first-order valence-electron chi connectivity index (χ1n) is 8.48. The van der Waals surface area contributed by atoms with Crippen molar-refractivity contribution in [1.82, 2.24) is 10.2 Å². The number of likely N-dealkylation sites (tertiary alicyclic amines) is 1. The first-order valence-corrected chi connectivity index (χ1v) is 8.48. The molecule has 0 saturated carbocycles. The van der Waals surface area contributed by atoms with Crippen LogP contribution in [0.1, 0.15) is 17.5 Å². The van der Waals surface area contributed by atoms with Crippen LogP contribution in [-0.4, -0.2) is 36.4 Å². The Kier molecular flexibility index (Phi) is 5.51. The highest BCUT2D eigenvalue weighted by Gasteiger charge is 2.30. The first kappa shape index (κ1) is 17.9. The zero-order valence-electron chi connectivity index (χ0n) is 14.6. The predicted molar refractivity (Wildman–Crippen MR) is 95.1 cm³/mol. The van der Waals surface area contributed by atoms with E-state index in [0.717, 1.165) is 11.1 Å². The minimum Gasteiger partial charge on any atom is -0.496 e. The van der Waals surface area contributed by atoms with Crippen LogP contribution in [0.2, 0.25) is 0 Å². The van der Waals surface area contributed by atoms with E-state index in [4.69, 9.17) is 4.74 Å². The number of amides is 2. The fourth-order valence-corrected chi connectivity index (χ4v) is 3.13. The minimum absolute atomic E-state index is 0.0167. The second-order valence-corrected chi connectivity index (χ2v) is 6.36. The van der Waals surface area contributed by atoms with Gasteiger partial charge in [0, 0.05) is 25.1 Å². The highest BCUT2D eigenvalue weighted by atomic mass is 19.1. The van der Waals surface area contributed by atoms with Crippen LogP contribution in [0.3, 0.4) is 0 Å². The number of ether oxygens (including phenoxy) is 1. The Labute approximate surface area is 151 Å². The molecule has 26 heavy (non-hydrogen) atoms. The van der Waals surface area contributed by atoms with Crippen LogP contribution in [0.15, 0.2) is 48.5 Å². The summed E-state index contributed by atoms with van der Waals surface area (Å²) in [6.45, 7) is 0.867. The molecule has 5 nitrogen and oxygen atoms in total. The van der Waals surface area contributed by atoms with Crippen molar-refractivity contribution in [3.63, 3.8) is 0 Å². The van der Waals surface area contributed by atoms with Gasteiger partial charge in [0.25, 0.3) is 0 Å². The number of carbonyl (C=O) groups excluding carboxylic acids is 2. The van der Waals surface area contributed by atoms with Gasteiger partial charge >= 0.3 is 0 Å². The molecule has 1 saturated heterocycles. The van der Waals surface area contributed by atoms with E-state index in [1.807, 2.05) is 24.3 Å². The Morgan fingerprint density at radius 1 is 1.23 bits per heavy atom. The number of hydrogen-bond acceptors (Lipinski definition) is 3. The van der Waals surface area contributed by atoms with E-state index in [1.165, 1.54) is 12.1 Å². The molecule has 0 aliphatic carbocycles. The standard InChI is InChI=1S/C20H21FN2O3/c1-26-18-5-3-2-4-15(18)10-19(24)22-17-11-20(25)23(13-17)12-14-6-8-16(21)9-7-14/h2-9,17H,10-13H2,1H3,(H,22,24)/t17-/m1/s1. The fraction of sp³-hybridized carbons (Fsp3) is 0.300. The Morgan fingerprint density at radius 2 is 1.96 bits per heavy atom. The van der Waals surface area contributed by atoms with Gasteiger partial charge in [-0.05, 0) is 23.8 Å². The number of methoxy groups -OCH3 is 1. The molecule has 0 unspecified atom stereocenters. The second kappa shape index (κ2) is 7.99. The van der Waals surface area contributed by atoms with Crippen LogP contribution in [0.5, 0.6) is 5.75 Å². The lowest BCUT2D eigenvalue weighted by molar-refractivity contribution is -0.128. The van der Waals surface area contributed by atoms with Gasteiger partial charge in [0.1, 0.15) is 11.6 Å². The molecule has 3 rings (SSSR count). The molecule has 2 aromatic carbocycles. The number of benzene rings is 2. The predicted octanol–water partition coefficient (Wildman–Crippen LogP) is 2.29. The highest BCUT2D eigenvalue weighted by Crippen LogP contribution is 2.19. The fourth-order valence-electron chi connectivity index (χ4n) is 3.13. The normalized spacial score (nSPS) is 16.6. The van der Waals surface area contributed by atoms with Crippen molar-refractivity contribution >= 4 is 11.8 Å². The summed E-state index contributed by atoms with van der Waals surface area (Å²) in [5.74, 6) is 0.207. The summed E-state index contributed by atoms with van der Waals surface area (Å²) in [5, 5.41) is 2.92. The van der Waals surface area contributed by atoms with Crippen molar-refractivity contribution in [3.8, 4) is 5.75 Å². The Balaban J connectivity index is 1.55. The van der Waals surface area contributed by atoms with Gasteiger partial charge in [-0.25, -0.2) is 4.39 Å². The first-order chi connectivity index (χ1) is 12.5. The summed E-state index contributed by atoms with van der Waals surface area (Å²) < 4.78 is 18.2. The van der Waals surface area contributed by atoms with Crippen LogP contribution in [-0.2, 0) is 22.6 Å². The maximum Gasteiger partial charge on any atom is 0.225 e. The van der Waals surface area contributed by atoms with Gasteiger partial charge in [0.2, 0.25) is 11.8 Å². The van der Waals surface area contributed by atoms with Crippen LogP contribution in [0.4, 0.5) is 4.39 Å². The summed E-state index contributed by atoms with van der Waals surface area (Å²) in [5.41, 5.74) is 1.67. The lowest BCUT2D eigenvalue weighted by Gasteiger charge is -2.17. The SMILES string of the molecule is COc1ccccc1CC(=O)N[C@@H]1CC(=O)N(Cc2ccc(F)cc2)C1. The molecule has 0 bridgehead atoms. The summed E-state index contributed by atoms with van der Waals surface area (Å²) in [6.07, 6.45) is 0.478. The average Bonchev–Trinajstić information content (AvgIpc) is 2.96. The molecule has 1 aliphatic rings. The number of carbonyl (C=O) groups is 2. The molecule has 136 valence electrons. The van der Waals surface area contributed by atoms with Gasteiger partial charge in [0.15, 0.2) is 0 Å². The van der Waals surface area contributed by atoms with Crippen molar-refractivity contribution in [2.45, 2.75) is 25.4 Å². The summed E-state index contributed by atoms with van der Waals surface area (Å²) in [7, 11) is 1.57. The molecule has 0 radical (unpaired) electrons. The molecule has 1 heterocycles. The molecule has 1 N–H and O–H groups in total. The maximum absolute atomic E-state index is 13.0. The molecular weight excluding hydrogens is 335 g/mol. The second-order valence-electron chi connectivity index (χ2n) is 6.36. The van der Waals surface area contributed by atoms with Gasteiger partial charge in [-0.15, -0.1) is 0 Å². The molecule has 0 aromatic heterocycles. The van der Waals surface area contributed by atoms with Crippen molar-refractivity contribution in [3.05, 3.63) is 65.5 Å². The molecule has 1 atom stereocenters. The van der Waals surface area contributed by atoms with Crippen LogP contribution < -0.4 is 10.1 Å². The third-order valence-electron chi connectivity index (χ3n) is 4.41. The molecule has 2 aromatic rings. The molecule has 1 aliphatic heterocycles. The maximum atomic E-state index is 13.0. The van der Waals surface area contributed by atoms with E-state index in [1.54, 1.807) is 24.1 Å². The van der Waals surface area contributed by atoms with Gasteiger partial charge in [-0.2, -0.15) is 0 Å². The minimum atomic E-state index is -0.303. The number of nitrogens with zero attached hydrogens (tertiary/aromatic N) is 1. The Hall–Kier alpha value is -2.89. The van der Waals surface area contributed by atoms with Gasteiger partial charge in [0.05, 0.1) is 19.6 Å². The van der Waals surface area contributed by atoms with Crippen LogP contribution in [0.25, 0.3) is 0 Å². The third kappa shape index (κ3) is 4.39. The van der Waals surface area contributed by atoms with Crippen LogP contribution in [0, 0.1) is 5.82 Å². The summed E-state index contributed by atoms with van der Waals surface area (Å²) in [4.78, 5) is 26.2. The van der Waals surface area contributed by atoms with E-state index < -0.39 is 0 Å². The monoisotopic (exact) mass is 356 g/mol. The van der Waals surface area contributed by atoms with E-state index >= 15 is 0 Å². The van der Waals surface area contributed by atoms with E-state index in [2.05, 4.69) is 5.32 Å². The zero-order chi connectivity index (χ0) is 18.5. The average molecular weight is 356 g/mol. The van der Waals surface area contributed by atoms with E-state index in [0.29, 0.717) is 18.8 Å². The Morgan fingerprint density at radius 3 is 2.69 bits per heavy atom. The summed E-state index contributed by atoms with van der Waals surface area (Å²) in [6, 6.07) is 13.2. The van der Waals surface area contributed by atoms with Gasteiger partial charge < -0.3 is 15.0 Å². The van der Waals surface area contributed by atoms with E-state index in [-0.39, 0.29) is 36.5 Å². The van der Waals surface area contributed by atoms with Gasteiger partial charge in [-0.3, -0.25) is 9.59 Å². The number of halogens is 1. The topological polar surface area (TPSA) is 58.6 Å². The highest BCUT2D eigenvalue weighted by molar-refractivity contribution is 5.83. The van der Waals surface area contributed by atoms with E-state index in [9.17, 15) is 14.0 Å². The number of rotatable bonds is 6.